The van der Waals surface area contributed by atoms with E-state index in [1.165, 1.54) is 4.68 Å². The van der Waals surface area contributed by atoms with Gasteiger partial charge in [0.25, 0.3) is 5.91 Å². The number of nitrogens with zero attached hydrogens (tertiary/aromatic N) is 3. The molecular weight excluding hydrogens is 449 g/mol. The number of carbonyl (C=O) groups is 1. The lowest BCUT2D eigenvalue weighted by Crippen LogP contribution is -2.28. The molecule has 0 saturated heterocycles. The summed E-state index contributed by atoms with van der Waals surface area (Å²) in [4.78, 5) is 18.0. The SMILES string of the molecule is COc1ccccc1C1=NO[C@H](C(=O)Nc2ccc(-n3nc(C(F)(F)F)cc3C3CC3)cc2)C1. The molecule has 1 aliphatic heterocycles. The van der Waals surface area contributed by atoms with Gasteiger partial charge >= 0.3 is 6.18 Å². The molecule has 1 atom stereocenters. The summed E-state index contributed by atoms with van der Waals surface area (Å²) in [6.45, 7) is 0. The minimum absolute atomic E-state index is 0.0833. The van der Waals surface area contributed by atoms with Crippen LogP contribution >= 0.6 is 0 Å². The van der Waals surface area contributed by atoms with Crippen LogP contribution in [0.2, 0.25) is 0 Å². The molecule has 1 fully saturated rings. The normalized spacial score (nSPS) is 17.8. The first kappa shape index (κ1) is 22.0. The fourth-order valence-corrected chi connectivity index (χ4v) is 3.88. The molecule has 5 rings (SSSR count). The second kappa shape index (κ2) is 8.51. The van der Waals surface area contributed by atoms with Crippen LogP contribution < -0.4 is 10.1 Å². The average molecular weight is 470 g/mol. The van der Waals surface area contributed by atoms with E-state index in [-0.39, 0.29) is 18.2 Å². The maximum Gasteiger partial charge on any atom is 0.435 e. The Labute approximate surface area is 193 Å². The van der Waals surface area contributed by atoms with E-state index in [4.69, 9.17) is 9.57 Å². The largest absolute Gasteiger partial charge is 0.496 e. The third kappa shape index (κ3) is 4.35. The molecule has 2 aromatic carbocycles. The van der Waals surface area contributed by atoms with Crippen LogP contribution in [0.15, 0.2) is 59.8 Å². The van der Waals surface area contributed by atoms with Crippen molar-refractivity contribution in [2.45, 2.75) is 37.5 Å². The summed E-state index contributed by atoms with van der Waals surface area (Å²) in [5.74, 6) is 0.345. The van der Waals surface area contributed by atoms with Crippen molar-refractivity contribution in [2.24, 2.45) is 5.16 Å². The first-order valence-electron chi connectivity index (χ1n) is 10.8. The van der Waals surface area contributed by atoms with Crippen LogP contribution in [0.4, 0.5) is 18.9 Å². The number of ether oxygens (including phenoxy) is 1. The number of oxime groups is 1. The lowest BCUT2D eigenvalue weighted by Gasteiger charge is -2.11. The molecule has 3 aromatic rings. The number of benzene rings is 2. The number of amides is 1. The Morgan fingerprint density at radius 1 is 1.15 bits per heavy atom. The van der Waals surface area contributed by atoms with E-state index in [2.05, 4.69) is 15.6 Å². The van der Waals surface area contributed by atoms with Gasteiger partial charge in [0.2, 0.25) is 6.10 Å². The van der Waals surface area contributed by atoms with Crippen LogP contribution in [0, 0.1) is 0 Å². The zero-order valence-corrected chi connectivity index (χ0v) is 18.2. The summed E-state index contributed by atoms with van der Waals surface area (Å²) >= 11 is 0. The Morgan fingerprint density at radius 3 is 2.56 bits per heavy atom. The Bertz CT molecular complexity index is 1250. The number of rotatable bonds is 6. The van der Waals surface area contributed by atoms with Gasteiger partial charge < -0.3 is 14.9 Å². The number of anilines is 1. The summed E-state index contributed by atoms with van der Waals surface area (Å²) in [7, 11) is 1.56. The topological polar surface area (TPSA) is 77.7 Å². The molecule has 2 heterocycles. The van der Waals surface area contributed by atoms with Crippen LogP contribution in [0.3, 0.4) is 0 Å². The minimum atomic E-state index is -4.51. The van der Waals surface area contributed by atoms with Crippen LogP contribution in [-0.4, -0.2) is 34.6 Å². The smallest absolute Gasteiger partial charge is 0.435 e. The van der Waals surface area contributed by atoms with Crippen molar-refractivity contribution in [1.29, 1.82) is 0 Å². The molecule has 1 N–H and O–H groups in total. The van der Waals surface area contributed by atoms with Gasteiger partial charge in [-0.05, 0) is 55.3 Å². The highest BCUT2D eigenvalue weighted by Gasteiger charge is 2.38. The van der Waals surface area contributed by atoms with Crippen LogP contribution in [-0.2, 0) is 15.8 Å². The van der Waals surface area contributed by atoms with E-state index in [9.17, 15) is 18.0 Å². The van der Waals surface area contributed by atoms with Gasteiger partial charge in [-0.2, -0.15) is 18.3 Å². The molecule has 0 spiro atoms. The van der Waals surface area contributed by atoms with Gasteiger partial charge in [-0.1, -0.05) is 17.3 Å². The first-order valence-corrected chi connectivity index (χ1v) is 10.8. The number of hydrogen-bond donors (Lipinski definition) is 1. The molecule has 1 aromatic heterocycles. The van der Waals surface area contributed by atoms with Gasteiger partial charge in [0.1, 0.15) is 5.75 Å². The third-order valence-corrected chi connectivity index (χ3v) is 5.78. The van der Waals surface area contributed by atoms with Gasteiger partial charge in [-0.3, -0.25) is 4.79 Å². The molecule has 2 aliphatic rings. The highest BCUT2D eigenvalue weighted by molar-refractivity contribution is 6.07. The van der Waals surface area contributed by atoms with Crippen molar-refractivity contribution in [1.82, 2.24) is 9.78 Å². The van der Waals surface area contributed by atoms with Crippen LogP contribution in [0.25, 0.3) is 5.69 Å². The fourth-order valence-electron chi connectivity index (χ4n) is 3.88. The summed E-state index contributed by atoms with van der Waals surface area (Å²) in [6.07, 6.45) is -3.34. The van der Waals surface area contributed by atoms with Gasteiger partial charge in [-0.25, -0.2) is 4.68 Å². The molecule has 0 bridgehead atoms. The quantitative estimate of drug-likeness (QED) is 0.556. The molecule has 34 heavy (non-hydrogen) atoms. The zero-order chi connectivity index (χ0) is 23.9. The number of methoxy groups -OCH3 is 1. The second-order valence-corrected chi connectivity index (χ2v) is 8.21. The fraction of sp³-hybridized carbons (Fsp3) is 0.292. The summed E-state index contributed by atoms with van der Waals surface area (Å²) in [5, 5.41) is 10.6. The van der Waals surface area contributed by atoms with E-state index in [1.807, 2.05) is 18.2 Å². The Morgan fingerprint density at radius 2 is 1.88 bits per heavy atom. The molecule has 10 heteroatoms. The highest BCUT2D eigenvalue weighted by atomic mass is 19.4. The van der Waals surface area contributed by atoms with Gasteiger partial charge in [0.15, 0.2) is 5.69 Å². The predicted octanol–water partition coefficient (Wildman–Crippen LogP) is 4.91. The zero-order valence-electron chi connectivity index (χ0n) is 18.2. The van der Waals surface area contributed by atoms with Crippen molar-refractivity contribution in [3.63, 3.8) is 0 Å². The number of halogens is 3. The molecule has 1 aliphatic carbocycles. The number of carbonyl (C=O) groups excluding carboxylic acids is 1. The van der Waals surface area contributed by atoms with E-state index in [0.29, 0.717) is 28.5 Å². The van der Waals surface area contributed by atoms with Crippen LogP contribution in [0.1, 0.15) is 42.1 Å². The average Bonchev–Trinajstić information content (AvgIpc) is 3.36. The highest BCUT2D eigenvalue weighted by Crippen LogP contribution is 2.43. The Hall–Kier alpha value is -3.82. The molecule has 1 amide bonds. The number of alkyl halides is 3. The molecular formula is C24H21F3N4O3. The van der Waals surface area contributed by atoms with Crippen molar-refractivity contribution < 1.29 is 27.5 Å². The second-order valence-electron chi connectivity index (χ2n) is 8.21. The standard InChI is InChI=1S/C24H21F3N4O3/c1-33-20-5-3-2-4-17(20)18-12-21(34-30-18)23(32)28-15-8-10-16(11-9-15)31-19(14-6-7-14)13-22(29-31)24(25,26)27/h2-5,8-11,13-14,21H,6-7,12H2,1H3,(H,28,32)/t21-/m0/s1. The molecule has 0 radical (unpaired) electrons. The van der Waals surface area contributed by atoms with Crippen molar-refractivity contribution >= 4 is 17.3 Å². The number of aromatic nitrogens is 2. The first-order chi connectivity index (χ1) is 16.3. The molecule has 176 valence electrons. The summed E-state index contributed by atoms with van der Waals surface area (Å²) in [6, 6.07) is 14.9. The van der Waals surface area contributed by atoms with Gasteiger partial charge in [-0.15, -0.1) is 0 Å². The monoisotopic (exact) mass is 470 g/mol. The summed E-state index contributed by atoms with van der Waals surface area (Å²) in [5.41, 5.74) is 1.99. The van der Waals surface area contributed by atoms with E-state index >= 15 is 0 Å². The number of para-hydroxylation sites is 1. The Kier molecular flexibility index (Phi) is 5.51. The van der Waals surface area contributed by atoms with Crippen molar-refractivity contribution in [3.8, 4) is 11.4 Å². The number of nitrogens with one attached hydrogen (secondary N) is 1. The van der Waals surface area contributed by atoms with E-state index in [1.54, 1.807) is 37.4 Å². The molecule has 7 nitrogen and oxygen atoms in total. The maximum atomic E-state index is 13.2. The van der Waals surface area contributed by atoms with Gasteiger partial charge in [0, 0.05) is 29.3 Å². The van der Waals surface area contributed by atoms with Crippen molar-refractivity contribution in [2.75, 3.05) is 12.4 Å². The van der Waals surface area contributed by atoms with E-state index in [0.717, 1.165) is 24.5 Å². The molecule has 0 unspecified atom stereocenters. The Balaban J connectivity index is 1.27. The van der Waals surface area contributed by atoms with Crippen LogP contribution in [0.5, 0.6) is 5.75 Å². The molecule has 1 saturated carbocycles. The van der Waals surface area contributed by atoms with Crippen molar-refractivity contribution in [3.05, 3.63) is 71.5 Å². The summed E-state index contributed by atoms with van der Waals surface area (Å²) < 4.78 is 46.2. The lowest BCUT2D eigenvalue weighted by atomic mass is 10.0. The third-order valence-electron chi connectivity index (χ3n) is 5.78. The lowest BCUT2D eigenvalue weighted by molar-refractivity contribution is -0.141. The number of hydrogen-bond acceptors (Lipinski definition) is 5. The van der Waals surface area contributed by atoms with E-state index < -0.39 is 18.0 Å². The maximum absolute atomic E-state index is 13.2. The minimum Gasteiger partial charge on any atom is -0.496 e. The van der Waals surface area contributed by atoms with Gasteiger partial charge in [0.05, 0.1) is 18.5 Å². The predicted molar refractivity (Wildman–Crippen MR) is 118 cm³/mol.